The SMILES string of the molecule is CC(C)CC1CCN(CCCC(=O)N2CCN(C(C)CCC(C)C3CCN(C(=O)CN4CC(C(C)CCC(C)C5CN(CCC(=O)N6CCC(C(C)C)CC6)C5)C4)CC3)CC2)C1. The van der Waals surface area contributed by atoms with Crippen molar-refractivity contribution in [2.24, 2.45) is 59.2 Å². The molecule has 0 aromatic rings. The van der Waals surface area contributed by atoms with Crippen molar-refractivity contribution in [2.45, 2.75) is 145 Å². The number of piperazine rings is 1. The third-order valence-electron chi connectivity index (χ3n) is 17.6. The van der Waals surface area contributed by atoms with E-state index in [-0.39, 0.29) is 0 Å². The molecule has 5 unspecified atom stereocenters. The van der Waals surface area contributed by atoms with Crippen LogP contribution >= 0.6 is 0 Å². The lowest BCUT2D eigenvalue weighted by molar-refractivity contribution is -0.136. The maximum absolute atomic E-state index is 13.3. The second kappa shape index (κ2) is 24.1. The zero-order chi connectivity index (χ0) is 44.3. The largest absolute Gasteiger partial charge is 0.343 e. The highest BCUT2D eigenvalue weighted by molar-refractivity contribution is 5.78. The number of hydrogen-bond donors (Lipinski definition) is 0. The van der Waals surface area contributed by atoms with Gasteiger partial charge in [-0.3, -0.25) is 24.2 Å². The Morgan fingerprint density at radius 3 is 1.58 bits per heavy atom. The molecule has 6 heterocycles. The van der Waals surface area contributed by atoms with Crippen LogP contribution in [0.3, 0.4) is 0 Å². The first-order valence-electron chi connectivity index (χ1n) is 26.5. The van der Waals surface area contributed by atoms with Gasteiger partial charge in [-0.05, 0) is 137 Å². The molecule has 0 aromatic heterocycles. The summed E-state index contributed by atoms with van der Waals surface area (Å²) in [6.45, 7) is 36.1. The predicted octanol–water partition coefficient (Wildman–Crippen LogP) is 7.52. The van der Waals surface area contributed by atoms with Crippen LogP contribution in [-0.4, -0.2) is 169 Å². The monoisotopic (exact) mass is 866 g/mol. The van der Waals surface area contributed by atoms with Crippen molar-refractivity contribution in [1.29, 1.82) is 0 Å². The second-order valence-electron chi connectivity index (χ2n) is 22.9. The molecule has 6 aliphatic heterocycles. The molecule has 10 nitrogen and oxygen atoms in total. The van der Waals surface area contributed by atoms with E-state index >= 15 is 0 Å². The van der Waals surface area contributed by atoms with Crippen LogP contribution in [0.4, 0.5) is 0 Å². The smallest absolute Gasteiger partial charge is 0.236 e. The van der Waals surface area contributed by atoms with Gasteiger partial charge in [0.25, 0.3) is 0 Å². The van der Waals surface area contributed by atoms with Gasteiger partial charge in [0.05, 0.1) is 6.54 Å². The fourth-order valence-corrected chi connectivity index (χ4v) is 12.4. The average molecular weight is 866 g/mol. The number of carbonyl (C=O) groups excluding carboxylic acids is 3. The van der Waals surface area contributed by atoms with Crippen LogP contribution in [0.1, 0.15) is 139 Å². The lowest BCUT2D eigenvalue weighted by atomic mass is 9.78. The Morgan fingerprint density at radius 1 is 0.468 bits per heavy atom. The van der Waals surface area contributed by atoms with Gasteiger partial charge in [-0.15, -0.1) is 0 Å². The summed E-state index contributed by atoms with van der Waals surface area (Å²) in [6, 6.07) is 0.557. The molecule has 0 aromatic carbocycles. The Bertz CT molecular complexity index is 1360. The van der Waals surface area contributed by atoms with Gasteiger partial charge in [-0.1, -0.05) is 61.3 Å². The molecule has 6 saturated heterocycles. The molecular formula is C52H95N7O3. The summed E-state index contributed by atoms with van der Waals surface area (Å²) in [7, 11) is 0. The number of nitrogens with zero attached hydrogens (tertiary/aromatic N) is 7. The van der Waals surface area contributed by atoms with Crippen LogP contribution in [-0.2, 0) is 14.4 Å². The molecule has 10 heteroatoms. The van der Waals surface area contributed by atoms with E-state index < -0.39 is 0 Å². The van der Waals surface area contributed by atoms with E-state index in [2.05, 4.69) is 89.7 Å². The molecule has 6 rings (SSSR count). The highest BCUT2D eigenvalue weighted by Crippen LogP contribution is 2.34. The van der Waals surface area contributed by atoms with E-state index in [9.17, 15) is 14.4 Å². The minimum absolute atomic E-state index is 0.343. The minimum Gasteiger partial charge on any atom is -0.343 e. The molecule has 0 radical (unpaired) electrons. The zero-order valence-electron chi connectivity index (χ0n) is 41.4. The maximum atomic E-state index is 13.3. The summed E-state index contributed by atoms with van der Waals surface area (Å²) in [5.41, 5.74) is 0. The van der Waals surface area contributed by atoms with E-state index in [0.717, 1.165) is 152 Å². The lowest BCUT2D eigenvalue weighted by Gasteiger charge is -2.45. The summed E-state index contributed by atoms with van der Waals surface area (Å²) in [6.07, 6.45) is 14.7. The van der Waals surface area contributed by atoms with Crippen LogP contribution in [0, 0.1) is 59.2 Å². The summed E-state index contributed by atoms with van der Waals surface area (Å²) >= 11 is 0. The molecule has 5 atom stereocenters. The van der Waals surface area contributed by atoms with E-state index in [1.165, 1.54) is 64.5 Å². The third-order valence-corrected chi connectivity index (χ3v) is 17.6. The third kappa shape index (κ3) is 14.6. The Kier molecular flexibility index (Phi) is 19.3. The molecule has 356 valence electrons. The molecule has 6 aliphatic rings. The molecule has 62 heavy (non-hydrogen) atoms. The lowest BCUT2D eigenvalue weighted by Crippen LogP contribution is -2.54. The van der Waals surface area contributed by atoms with Gasteiger partial charge in [0.2, 0.25) is 17.7 Å². The Morgan fingerprint density at radius 2 is 0.984 bits per heavy atom. The normalized spacial score (nSPS) is 25.6. The predicted molar refractivity (Wildman–Crippen MR) is 255 cm³/mol. The van der Waals surface area contributed by atoms with Crippen LogP contribution in [0.25, 0.3) is 0 Å². The topological polar surface area (TPSA) is 73.9 Å². The molecule has 0 aliphatic carbocycles. The number of amides is 3. The standard InChI is InChI=1S/C52H95N7O3/c1-39(2)32-45-15-22-53(33-45)21-9-10-50(60)59-30-28-56(29-31-59)44(8)14-13-41(5)47-18-26-58(27-19-47)52(62)38-55-36-49(37-55)43(7)12-11-42(6)48-34-54(35-48)23-20-51(61)57-24-16-46(17-25-57)40(3)4/h39-49H,9-38H2,1-8H3. The Hall–Kier alpha value is -1.75. The summed E-state index contributed by atoms with van der Waals surface area (Å²) in [5.74, 6) is 8.59. The highest BCUT2D eigenvalue weighted by atomic mass is 16.2. The van der Waals surface area contributed by atoms with Gasteiger partial charge in [-0.2, -0.15) is 0 Å². The molecule has 6 fully saturated rings. The fourth-order valence-electron chi connectivity index (χ4n) is 12.4. The summed E-state index contributed by atoms with van der Waals surface area (Å²) in [5, 5.41) is 0. The Balaban J connectivity index is 0.752. The van der Waals surface area contributed by atoms with Crippen molar-refractivity contribution < 1.29 is 14.4 Å². The van der Waals surface area contributed by atoms with E-state index in [0.29, 0.717) is 60.9 Å². The van der Waals surface area contributed by atoms with Crippen molar-refractivity contribution in [3.63, 3.8) is 0 Å². The van der Waals surface area contributed by atoms with Gasteiger partial charge in [0, 0.05) is 111 Å². The van der Waals surface area contributed by atoms with Crippen molar-refractivity contribution in [3.05, 3.63) is 0 Å². The number of piperidine rings is 2. The van der Waals surface area contributed by atoms with Crippen LogP contribution in [0.15, 0.2) is 0 Å². The van der Waals surface area contributed by atoms with Crippen molar-refractivity contribution in [1.82, 2.24) is 34.3 Å². The Labute approximate surface area is 380 Å². The molecule has 0 saturated carbocycles. The van der Waals surface area contributed by atoms with Crippen molar-refractivity contribution in [3.8, 4) is 0 Å². The molecule has 0 bridgehead atoms. The molecular weight excluding hydrogens is 771 g/mol. The molecule has 0 N–H and O–H groups in total. The van der Waals surface area contributed by atoms with Crippen LogP contribution in [0.2, 0.25) is 0 Å². The first-order valence-corrected chi connectivity index (χ1v) is 26.5. The number of rotatable bonds is 22. The fraction of sp³-hybridized carbons (Fsp3) is 0.942. The zero-order valence-corrected chi connectivity index (χ0v) is 41.4. The summed E-state index contributed by atoms with van der Waals surface area (Å²) < 4.78 is 0. The van der Waals surface area contributed by atoms with E-state index in [1.54, 1.807) is 0 Å². The van der Waals surface area contributed by atoms with Gasteiger partial charge in [-0.25, -0.2) is 0 Å². The number of likely N-dealkylation sites (tertiary alicyclic amines) is 5. The maximum Gasteiger partial charge on any atom is 0.236 e. The number of carbonyl (C=O) groups is 3. The van der Waals surface area contributed by atoms with Crippen LogP contribution in [0.5, 0.6) is 0 Å². The second-order valence-corrected chi connectivity index (χ2v) is 22.9. The van der Waals surface area contributed by atoms with Gasteiger partial charge >= 0.3 is 0 Å². The van der Waals surface area contributed by atoms with Crippen LogP contribution < -0.4 is 0 Å². The average Bonchev–Trinajstić information content (AvgIpc) is 3.68. The van der Waals surface area contributed by atoms with E-state index in [4.69, 9.17) is 0 Å². The molecule has 0 spiro atoms. The van der Waals surface area contributed by atoms with E-state index in [1.807, 2.05) is 0 Å². The number of hydrogen-bond acceptors (Lipinski definition) is 7. The van der Waals surface area contributed by atoms with Gasteiger partial charge in [0.15, 0.2) is 0 Å². The summed E-state index contributed by atoms with van der Waals surface area (Å²) in [4.78, 5) is 55.7. The first-order chi connectivity index (χ1) is 29.7. The van der Waals surface area contributed by atoms with Crippen molar-refractivity contribution in [2.75, 3.05) is 111 Å². The quantitative estimate of drug-likeness (QED) is 0.112. The highest BCUT2D eigenvalue weighted by Gasteiger charge is 2.36. The minimum atomic E-state index is 0.343. The van der Waals surface area contributed by atoms with Gasteiger partial charge in [0.1, 0.15) is 0 Å². The van der Waals surface area contributed by atoms with Crippen molar-refractivity contribution >= 4 is 17.7 Å². The first kappa shape index (κ1) is 49.7. The molecule has 3 amide bonds. The van der Waals surface area contributed by atoms with Gasteiger partial charge < -0.3 is 24.5 Å².